The average Bonchev–Trinajstić information content (AvgIpc) is 2.69. The number of pyridine rings is 1. The third kappa shape index (κ3) is 4.52. The Balaban J connectivity index is 1.88. The number of anilines is 2. The number of aromatic nitrogens is 1. The van der Waals surface area contributed by atoms with Crippen molar-refractivity contribution in [3.63, 3.8) is 0 Å². The van der Waals surface area contributed by atoms with E-state index in [9.17, 15) is 8.78 Å². The molecule has 142 valence electrons. The maximum Gasteiger partial charge on any atom is 0.263 e. The van der Waals surface area contributed by atoms with Crippen molar-refractivity contribution < 1.29 is 18.3 Å². The highest BCUT2D eigenvalue weighted by atomic mass is 19.3. The molecule has 4 nitrogen and oxygen atoms in total. The molecule has 27 heavy (non-hydrogen) atoms. The molecule has 3 aromatic rings. The highest BCUT2D eigenvalue weighted by Gasteiger charge is 2.11. The smallest absolute Gasteiger partial charge is 0.263 e. The Morgan fingerprint density at radius 2 is 1.89 bits per heavy atom. The minimum atomic E-state index is -2.51. The van der Waals surface area contributed by atoms with Crippen molar-refractivity contribution in [3.05, 3.63) is 59.8 Å². The predicted molar refractivity (Wildman–Crippen MR) is 103 cm³/mol. The number of fused-ring (bicyclic) bond motifs is 1. The third-order valence-corrected chi connectivity index (χ3v) is 4.30. The fraction of sp³-hybridized carbons (Fsp3) is 0.286. The first-order valence-electron chi connectivity index (χ1n) is 8.81. The largest absolute Gasteiger partial charge is 0.491 e. The molecule has 0 fully saturated rings. The molecule has 1 N–H and O–H groups in total. The van der Waals surface area contributed by atoms with Gasteiger partial charge in [0.15, 0.2) is 0 Å². The summed E-state index contributed by atoms with van der Waals surface area (Å²) in [6.07, 6.45) is -0.0685. The van der Waals surface area contributed by atoms with Crippen LogP contribution in [0.3, 0.4) is 0 Å². The van der Waals surface area contributed by atoms with Crippen molar-refractivity contribution >= 4 is 22.3 Å². The van der Waals surface area contributed by atoms with Crippen LogP contribution in [0.5, 0.6) is 5.75 Å². The number of methoxy groups -OCH3 is 1. The van der Waals surface area contributed by atoms with E-state index in [1.807, 2.05) is 24.3 Å². The fourth-order valence-electron chi connectivity index (χ4n) is 2.87. The van der Waals surface area contributed by atoms with Crippen molar-refractivity contribution in [3.8, 4) is 5.75 Å². The lowest BCUT2D eigenvalue weighted by atomic mass is 10.1. The molecule has 0 spiro atoms. The van der Waals surface area contributed by atoms with Gasteiger partial charge in [0.25, 0.3) is 6.43 Å². The van der Waals surface area contributed by atoms with E-state index < -0.39 is 6.43 Å². The Morgan fingerprint density at radius 3 is 2.63 bits per heavy atom. The quantitative estimate of drug-likeness (QED) is 0.530. The molecule has 0 atom stereocenters. The van der Waals surface area contributed by atoms with Crippen LogP contribution in [0.15, 0.2) is 48.7 Å². The van der Waals surface area contributed by atoms with E-state index in [-0.39, 0.29) is 5.56 Å². The van der Waals surface area contributed by atoms with Gasteiger partial charge in [-0.05, 0) is 42.3 Å². The molecule has 0 aliphatic carbocycles. The van der Waals surface area contributed by atoms with Gasteiger partial charge in [0.2, 0.25) is 0 Å². The molecule has 1 heterocycles. The molecule has 0 radical (unpaired) electrons. The van der Waals surface area contributed by atoms with Crippen LogP contribution in [0.1, 0.15) is 24.5 Å². The molecule has 1 aromatic heterocycles. The Kier molecular flexibility index (Phi) is 6.19. The second kappa shape index (κ2) is 8.77. The number of rotatable bonds is 8. The summed E-state index contributed by atoms with van der Waals surface area (Å²) in [7, 11) is 1.64. The number of ether oxygens (including phenoxy) is 2. The van der Waals surface area contributed by atoms with Crippen molar-refractivity contribution in [2.24, 2.45) is 0 Å². The maximum atomic E-state index is 12.9. The Hall–Kier alpha value is -2.73. The summed E-state index contributed by atoms with van der Waals surface area (Å²) in [6.45, 7) is 3.10. The normalized spacial score (nSPS) is 11.1. The number of benzene rings is 2. The lowest BCUT2D eigenvalue weighted by Gasteiger charge is -2.15. The van der Waals surface area contributed by atoms with Gasteiger partial charge in [-0.2, -0.15) is 0 Å². The van der Waals surface area contributed by atoms with Crippen LogP contribution >= 0.6 is 0 Å². The van der Waals surface area contributed by atoms with Crippen molar-refractivity contribution in [1.82, 2.24) is 4.98 Å². The Morgan fingerprint density at radius 1 is 1.04 bits per heavy atom. The predicted octanol–water partition coefficient (Wildman–Crippen LogP) is 5.50. The summed E-state index contributed by atoms with van der Waals surface area (Å²) in [6, 6.07) is 12.2. The summed E-state index contributed by atoms with van der Waals surface area (Å²) in [5.74, 6) is 0.788. The molecule has 0 amide bonds. The van der Waals surface area contributed by atoms with E-state index in [4.69, 9.17) is 9.47 Å². The van der Waals surface area contributed by atoms with E-state index in [1.165, 1.54) is 12.1 Å². The summed E-state index contributed by atoms with van der Waals surface area (Å²) in [5, 5.41) is 4.20. The lowest BCUT2D eigenvalue weighted by molar-refractivity contribution is 0.146. The second-order valence-corrected chi connectivity index (χ2v) is 6.07. The highest BCUT2D eigenvalue weighted by molar-refractivity contribution is 5.93. The van der Waals surface area contributed by atoms with Crippen molar-refractivity contribution in [1.29, 1.82) is 0 Å². The maximum absolute atomic E-state index is 12.9. The minimum absolute atomic E-state index is 0.0287. The number of hydrogen-bond donors (Lipinski definition) is 1. The zero-order valence-corrected chi connectivity index (χ0v) is 15.3. The van der Waals surface area contributed by atoms with Crippen molar-refractivity contribution in [2.75, 3.05) is 25.6 Å². The van der Waals surface area contributed by atoms with E-state index >= 15 is 0 Å². The zero-order valence-electron chi connectivity index (χ0n) is 15.3. The summed E-state index contributed by atoms with van der Waals surface area (Å²) >= 11 is 0. The van der Waals surface area contributed by atoms with Crippen LogP contribution in [0.4, 0.5) is 20.2 Å². The molecule has 3 rings (SSSR count). The van der Waals surface area contributed by atoms with Crippen LogP contribution < -0.4 is 10.1 Å². The summed E-state index contributed by atoms with van der Waals surface area (Å²) in [5.41, 5.74) is 3.37. The number of aryl methyl sites for hydroxylation is 1. The first kappa shape index (κ1) is 19.0. The Bertz CT molecular complexity index is 916. The van der Waals surface area contributed by atoms with Crippen LogP contribution in [0.25, 0.3) is 10.9 Å². The molecule has 0 saturated carbocycles. The standard InChI is InChI=1S/C21H22F2N2O2/c1-3-14-12-16(27-11-10-26-2)5-7-18(14)25-19-8-9-24-20-13-15(21(22)23)4-6-17(19)20/h4-9,12-13,21H,3,10-11H2,1-2H3,(H,24,25). The Labute approximate surface area is 157 Å². The van der Waals surface area contributed by atoms with E-state index in [1.54, 1.807) is 19.4 Å². The van der Waals surface area contributed by atoms with Gasteiger partial charge in [-0.15, -0.1) is 0 Å². The van der Waals surface area contributed by atoms with E-state index in [2.05, 4.69) is 17.2 Å². The number of alkyl halides is 2. The summed E-state index contributed by atoms with van der Waals surface area (Å²) in [4.78, 5) is 4.22. The fourth-order valence-corrected chi connectivity index (χ4v) is 2.87. The lowest BCUT2D eigenvalue weighted by Crippen LogP contribution is -2.05. The third-order valence-electron chi connectivity index (χ3n) is 4.30. The molecule has 0 aliphatic heterocycles. The van der Waals surface area contributed by atoms with Gasteiger partial charge in [0.05, 0.1) is 12.1 Å². The molecular weight excluding hydrogens is 350 g/mol. The molecule has 0 bridgehead atoms. The van der Waals surface area contributed by atoms with Crippen LogP contribution in [0, 0.1) is 0 Å². The monoisotopic (exact) mass is 372 g/mol. The van der Waals surface area contributed by atoms with Gasteiger partial charge in [0.1, 0.15) is 12.4 Å². The minimum Gasteiger partial charge on any atom is -0.491 e. The topological polar surface area (TPSA) is 43.4 Å². The average molecular weight is 372 g/mol. The van der Waals surface area contributed by atoms with Gasteiger partial charge in [-0.3, -0.25) is 4.98 Å². The van der Waals surface area contributed by atoms with Gasteiger partial charge in [-0.1, -0.05) is 19.1 Å². The molecule has 0 saturated heterocycles. The zero-order chi connectivity index (χ0) is 19.2. The first-order chi connectivity index (χ1) is 13.1. The summed E-state index contributed by atoms with van der Waals surface area (Å²) < 4.78 is 36.5. The van der Waals surface area contributed by atoms with Gasteiger partial charge in [-0.25, -0.2) is 8.78 Å². The second-order valence-electron chi connectivity index (χ2n) is 6.07. The molecule has 6 heteroatoms. The highest BCUT2D eigenvalue weighted by Crippen LogP contribution is 2.31. The molecule has 0 aliphatic rings. The van der Waals surface area contributed by atoms with Gasteiger partial charge >= 0.3 is 0 Å². The molecule has 0 unspecified atom stereocenters. The van der Waals surface area contributed by atoms with E-state index in [0.717, 1.165) is 34.5 Å². The van der Waals surface area contributed by atoms with E-state index in [0.29, 0.717) is 18.7 Å². The van der Waals surface area contributed by atoms with Crippen LogP contribution in [-0.2, 0) is 11.2 Å². The molecular formula is C21H22F2N2O2. The number of halogens is 2. The number of hydrogen-bond acceptors (Lipinski definition) is 4. The van der Waals surface area contributed by atoms with Gasteiger partial charge in [0, 0.05) is 35.6 Å². The van der Waals surface area contributed by atoms with Crippen LogP contribution in [-0.4, -0.2) is 25.3 Å². The van der Waals surface area contributed by atoms with Gasteiger partial charge < -0.3 is 14.8 Å². The number of nitrogens with zero attached hydrogens (tertiary/aromatic N) is 1. The molecule has 2 aromatic carbocycles. The SMILES string of the molecule is CCc1cc(OCCOC)ccc1Nc1ccnc2cc(C(F)F)ccc12. The number of nitrogens with one attached hydrogen (secondary N) is 1. The van der Waals surface area contributed by atoms with Crippen molar-refractivity contribution in [2.45, 2.75) is 19.8 Å². The first-order valence-corrected chi connectivity index (χ1v) is 8.81. The van der Waals surface area contributed by atoms with Crippen LogP contribution in [0.2, 0.25) is 0 Å².